The number of nitrogens with one attached hydrogen (secondary N) is 2. The predicted octanol–water partition coefficient (Wildman–Crippen LogP) is 1.95. The number of hydrogen-bond donors (Lipinski definition) is 2. The number of rotatable bonds is 6. The maximum Gasteiger partial charge on any atom is 0.274 e. The number of nitriles is 1. The van der Waals surface area contributed by atoms with Gasteiger partial charge in [0.25, 0.3) is 5.91 Å². The molecule has 0 saturated carbocycles. The van der Waals surface area contributed by atoms with Crippen LogP contribution in [0.3, 0.4) is 0 Å². The highest BCUT2D eigenvalue weighted by atomic mass is 16.5. The van der Waals surface area contributed by atoms with Crippen LogP contribution in [0.2, 0.25) is 0 Å². The first-order valence-corrected chi connectivity index (χ1v) is 8.56. The fourth-order valence-corrected chi connectivity index (χ4v) is 2.68. The third-order valence-electron chi connectivity index (χ3n) is 4.11. The smallest absolute Gasteiger partial charge is 0.274 e. The van der Waals surface area contributed by atoms with E-state index < -0.39 is 0 Å². The van der Waals surface area contributed by atoms with E-state index in [9.17, 15) is 4.79 Å². The van der Waals surface area contributed by atoms with Crippen molar-refractivity contribution in [2.75, 3.05) is 50.0 Å². The van der Waals surface area contributed by atoms with Crippen LogP contribution in [0, 0.1) is 11.3 Å². The molecule has 2 aromatic rings. The molecule has 7 nitrogen and oxygen atoms in total. The fraction of sp³-hybridized carbons (Fsp3) is 0.316. The van der Waals surface area contributed by atoms with Crippen LogP contribution in [-0.4, -0.2) is 55.2 Å². The second-order valence-corrected chi connectivity index (χ2v) is 5.96. The van der Waals surface area contributed by atoms with Crippen LogP contribution in [0.5, 0.6) is 0 Å². The van der Waals surface area contributed by atoms with Gasteiger partial charge in [0.1, 0.15) is 5.69 Å². The van der Waals surface area contributed by atoms with Crippen molar-refractivity contribution in [3.8, 4) is 6.07 Å². The molecule has 1 saturated heterocycles. The summed E-state index contributed by atoms with van der Waals surface area (Å²) in [7, 11) is 0. The summed E-state index contributed by atoms with van der Waals surface area (Å²) in [6, 6.07) is 12.3. The highest BCUT2D eigenvalue weighted by Gasteiger charge is 2.10. The Morgan fingerprint density at radius 2 is 2.08 bits per heavy atom. The first-order valence-electron chi connectivity index (χ1n) is 8.56. The number of aromatic nitrogens is 1. The van der Waals surface area contributed by atoms with Crippen LogP contribution in [-0.2, 0) is 4.74 Å². The number of benzene rings is 1. The average molecular weight is 351 g/mol. The second-order valence-electron chi connectivity index (χ2n) is 5.96. The molecule has 1 aromatic heterocycles. The molecule has 1 fully saturated rings. The highest BCUT2D eigenvalue weighted by Crippen LogP contribution is 2.12. The van der Waals surface area contributed by atoms with E-state index in [1.54, 1.807) is 36.5 Å². The van der Waals surface area contributed by atoms with Crippen molar-refractivity contribution in [3.63, 3.8) is 0 Å². The summed E-state index contributed by atoms with van der Waals surface area (Å²) in [5, 5.41) is 15.0. The molecular weight excluding hydrogens is 330 g/mol. The molecule has 0 radical (unpaired) electrons. The molecule has 2 heterocycles. The molecule has 1 aliphatic rings. The molecule has 1 aliphatic heterocycles. The Morgan fingerprint density at radius 3 is 2.81 bits per heavy atom. The normalized spacial score (nSPS) is 14.4. The van der Waals surface area contributed by atoms with E-state index in [-0.39, 0.29) is 5.91 Å². The number of pyridine rings is 1. The second kappa shape index (κ2) is 8.94. The molecular formula is C19H21N5O2. The molecule has 0 bridgehead atoms. The minimum atomic E-state index is -0.306. The zero-order valence-electron chi connectivity index (χ0n) is 14.4. The SMILES string of the molecule is N#Cc1cccc(NC(=O)c2ccc(NCCN3CCOCC3)cn2)c1. The number of amides is 1. The Kier molecular flexibility index (Phi) is 6.14. The van der Waals surface area contributed by atoms with Gasteiger partial charge in [0.2, 0.25) is 0 Å². The molecule has 0 atom stereocenters. The van der Waals surface area contributed by atoms with Gasteiger partial charge in [-0.1, -0.05) is 6.07 Å². The van der Waals surface area contributed by atoms with Crippen molar-refractivity contribution >= 4 is 17.3 Å². The lowest BCUT2D eigenvalue weighted by atomic mass is 10.2. The summed E-state index contributed by atoms with van der Waals surface area (Å²) in [6.45, 7) is 5.28. The average Bonchev–Trinajstić information content (AvgIpc) is 2.69. The Labute approximate surface area is 152 Å². The van der Waals surface area contributed by atoms with Crippen molar-refractivity contribution in [1.29, 1.82) is 5.26 Å². The summed E-state index contributed by atoms with van der Waals surface area (Å²) in [5.74, 6) is -0.306. The summed E-state index contributed by atoms with van der Waals surface area (Å²) >= 11 is 0. The molecule has 134 valence electrons. The van der Waals surface area contributed by atoms with E-state index >= 15 is 0 Å². The van der Waals surface area contributed by atoms with Gasteiger partial charge in [-0.05, 0) is 30.3 Å². The van der Waals surface area contributed by atoms with Gasteiger partial charge in [0.15, 0.2) is 0 Å². The van der Waals surface area contributed by atoms with Gasteiger partial charge < -0.3 is 15.4 Å². The van der Waals surface area contributed by atoms with Gasteiger partial charge in [-0.25, -0.2) is 4.98 Å². The van der Waals surface area contributed by atoms with Gasteiger partial charge in [-0.3, -0.25) is 9.69 Å². The van der Waals surface area contributed by atoms with Crippen LogP contribution >= 0.6 is 0 Å². The Hall–Kier alpha value is -2.95. The summed E-state index contributed by atoms with van der Waals surface area (Å²) < 4.78 is 5.33. The number of anilines is 2. The van der Waals surface area contributed by atoms with Crippen molar-refractivity contribution < 1.29 is 9.53 Å². The van der Waals surface area contributed by atoms with E-state index in [1.165, 1.54) is 0 Å². The Morgan fingerprint density at radius 1 is 1.23 bits per heavy atom. The number of ether oxygens (including phenoxy) is 1. The molecule has 1 amide bonds. The van der Waals surface area contributed by atoms with Crippen molar-refractivity contribution in [2.45, 2.75) is 0 Å². The van der Waals surface area contributed by atoms with E-state index in [0.29, 0.717) is 16.9 Å². The number of nitrogens with zero attached hydrogens (tertiary/aromatic N) is 3. The largest absolute Gasteiger partial charge is 0.383 e. The van der Waals surface area contributed by atoms with Gasteiger partial charge in [0.05, 0.1) is 36.7 Å². The first kappa shape index (κ1) is 17.9. The predicted molar refractivity (Wildman–Crippen MR) is 99.1 cm³/mol. The van der Waals surface area contributed by atoms with E-state index in [1.807, 2.05) is 12.1 Å². The van der Waals surface area contributed by atoms with E-state index in [4.69, 9.17) is 10.00 Å². The molecule has 0 spiro atoms. The molecule has 0 aliphatic carbocycles. The summed E-state index contributed by atoms with van der Waals surface area (Å²) in [6.07, 6.45) is 1.65. The third kappa shape index (κ3) is 5.02. The summed E-state index contributed by atoms with van der Waals surface area (Å²) in [5.41, 5.74) is 2.27. The lowest BCUT2D eigenvalue weighted by Gasteiger charge is -2.26. The molecule has 7 heteroatoms. The zero-order chi connectivity index (χ0) is 18.2. The molecule has 0 unspecified atom stereocenters. The molecule has 1 aromatic carbocycles. The Balaban J connectivity index is 1.50. The number of morpholine rings is 1. The monoisotopic (exact) mass is 351 g/mol. The quantitative estimate of drug-likeness (QED) is 0.827. The third-order valence-corrected chi connectivity index (χ3v) is 4.11. The number of carbonyl (C=O) groups excluding carboxylic acids is 1. The van der Waals surface area contributed by atoms with Crippen LogP contribution in [0.4, 0.5) is 11.4 Å². The van der Waals surface area contributed by atoms with Gasteiger partial charge in [0, 0.05) is 31.9 Å². The van der Waals surface area contributed by atoms with Crippen LogP contribution in [0.1, 0.15) is 16.1 Å². The maximum atomic E-state index is 12.3. The van der Waals surface area contributed by atoms with Crippen molar-refractivity contribution in [3.05, 3.63) is 53.9 Å². The minimum absolute atomic E-state index is 0.306. The minimum Gasteiger partial charge on any atom is -0.383 e. The lowest BCUT2D eigenvalue weighted by Crippen LogP contribution is -2.39. The molecule has 26 heavy (non-hydrogen) atoms. The standard InChI is InChI=1S/C19H21N5O2/c20-13-15-2-1-3-16(12-15)23-19(25)18-5-4-17(14-22-18)21-6-7-24-8-10-26-11-9-24/h1-5,12,14,21H,6-11H2,(H,23,25). The number of hydrogen-bond acceptors (Lipinski definition) is 6. The topological polar surface area (TPSA) is 90.3 Å². The molecule has 3 rings (SSSR count). The summed E-state index contributed by atoms with van der Waals surface area (Å²) in [4.78, 5) is 18.8. The Bertz CT molecular complexity index is 779. The highest BCUT2D eigenvalue weighted by molar-refractivity contribution is 6.03. The van der Waals surface area contributed by atoms with Gasteiger partial charge in [-0.2, -0.15) is 5.26 Å². The molecule has 2 N–H and O–H groups in total. The first-order chi connectivity index (χ1) is 12.7. The van der Waals surface area contributed by atoms with Crippen LogP contribution < -0.4 is 10.6 Å². The van der Waals surface area contributed by atoms with E-state index in [0.717, 1.165) is 45.1 Å². The van der Waals surface area contributed by atoms with Crippen LogP contribution in [0.15, 0.2) is 42.6 Å². The van der Waals surface area contributed by atoms with Gasteiger partial charge in [-0.15, -0.1) is 0 Å². The van der Waals surface area contributed by atoms with Crippen molar-refractivity contribution in [2.24, 2.45) is 0 Å². The lowest BCUT2D eigenvalue weighted by molar-refractivity contribution is 0.0398. The zero-order valence-corrected chi connectivity index (χ0v) is 14.4. The number of carbonyl (C=O) groups is 1. The maximum absolute atomic E-state index is 12.3. The van der Waals surface area contributed by atoms with Crippen molar-refractivity contribution in [1.82, 2.24) is 9.88 Å². The van der Waals surface area contributed by atoms with E-state index in [2.05, 4.69) is 20.5 Å². The van der Waals surface area contributed by atoms with Gasteiger partial charge >= 0.3 is 0 Å². The fourth-order valence-electron chi connectivity index (χ4n) is 2.68. The van der Waals surface area contributed by atoms with Crippen LogP contribution in [0.25, 0.3) is 0 Å².